The highest BCUT2D eigenvalue weighted by atomic mass is 32.2. The molecule has 0 spiro atoms. The second-order valence-corrected chi connectivity index (χ2v) is 9.19. The van der Waals surface area contributed by atoms with Crippen LogP contribution in [-0.4, -0.2) is 42.0 Å². The van der Waals surface area contributed by atoms with Crippen molar-refractivity contribution in [3.05, 3.63) is 65.2 Å². The van der Waals surface area contributed by atoms with E-state index in [1.54, 1.807) is 18.2 Å². The number of anilines is 1. The quantitative estimate of drug-likeness (QED) is 0.350. The van der Waals surface area contributed by atoms with Gasteiger partial charge in [0.05, 0.1) is 38.9 Å². The summed E-state index contributed by atoms with van der Waals surface area (Å²) in [5, 5.41) is 10.2. The van der Waals surface area contributed by atoms with Gasteiger partial charge in [-0.2, -0.15) is 13.2 Å². The number of sulfonamides is 1. The van der Waals surface area contributed by atoms with Crippen LogP contribution in [0.3, 0.4) is 0 Å². The number of nitrogens with one attached hydrogen (secondary N) is 1. The van der Waals surface area contributed by atoms with Crippen molar-refractivity contribution in [1.82, 2.24) is 0 Å². The van der Waals surface area contributed by atoms with Crippen molar-refractivity contribution in [2.75, 3.05) is 33.2 Å². The molecule has 0 aromatic heterocycles. The van der Waals surface area contributed by atoms with Gasteiger partial charge >= 0.3 is 6.18 Å². The number of phenols is 1. The minimum atomic E-state index is -4.73. The number of methoxy groups -OCH3 is 4. The summed E-state index contributed by atoms with van der Waals surface area (Å²) in [6.45, 7) is 0. The van der Waals surface area contributed by atoms with Gasteiger partial charge in [0.15, 0.2) is 23.0 Å². The third-order valence-corrected chi connectivity index (χ3v) is 6.57. The molecular weight excluding hydrogens is 515 g/mol. The Labute approximate surface area is 211 Å². The summed E-state index contributed by atoms with van der Waals surface area (Å²) >= 11 is 0. The summed E-state index contributed by atoms with van der Waals surface area (Å²) in [7, 11) is 1.07. The molecule has 0 aliphatic carbocycles. The molecule has 0 fully saturated rings. The minimum Gasteiger partial charge on any atom is -0.504 e. The van der Waals surface area contributed by atoms with Crippen LogP contribution >= 0.6 is 0 Å². The molecule has 2 N–H and O–H groups in total. The van der Waals surface area contributed by atoms with E-state index in [0.717, 1.165) is 18.2 Å². The number of hydrogen-bond donors (Lipinski definition) is 2. The zero-order valence-electron chi connectivity index (χ0n) is 20.2. The van der Waals surface area contributed by atoms with Crippen LogP contribution in [-0.2, 0) is 16.2 Å². The summed E-state index contributed by atoms with van der Waals surface area (Å²) < 4.78 is 88.9. The smallest absolute Gasteiger partial charge is 0.416 e. The molecule has 0 saturated carbocycles. The molecule has 37 heavy (non-hydrogen) atoms. The number of alkyl halides is 3. The van der Waals surface area contributed by atoms with Gasteiger partial charge in [0.1, 0.15) is 5.69 Å². The molecule has 0 aliphatic heterocycles. The fourth-order valence-electron chi connectivity index (χ4n) is 3.45. The van der Waals surface area contributed by atoms with E-state index < -0.39 is 26.7 Å². The Hall–Kier alpha value is -4.06. The van der Waals surface area contributed by atoms with Crippen LogP contribution in [0.15, 0.2) is 53.4 Å². The Bertz CT molecular complexity index is 1400. The Morgan fingerprint density at radius 2 is 1.46 bits per heavy atom. The van der Waals surface area contributed by atoms with Gasteiger partial charge in [-0.05, 0) is 48.0 Å². The lowest BCUT2D eigenvalue weighted by Gasteiger charge is -2.16. The van der Waals surface area contributed by atoms with Gasteiger partial charge in [-0.25, -0.2) is 8.42 Å². The van der Waals surface area contributed by atoms with Gasteiger partial charge < -0.3 is 24.1 Å². The molecule has 3 rings (SSSR count). The van der Waals surface area contributed by atoms with Crippen LogP contribution < -0.4 is 23.7 Å². The Morgan fingerprint density at radius 3 is 2.00 bits per heavy atom. The Morgan fingerprint density at radius 1 is 0.838 bits per heavy atom. The van der Waals surface area contributed by atoms with Gasteiger partial charge in [0.25, 0.3) is 10.0 Å². The summed E-state index contributed by atoms with van der Waals surface area (Å²) in [5.74, 6) is 0.547. The van der Waals surface area contributed by atoms with Crippen molar-refractivity contribution < 1.29 is 45.6 Å². The zero-order chi connectivity index (χ0) is 27.4. The van der Waals surface area contributed by atoms with Crippen molar-refractivity contribution >= 4 is 27.9 Å². The van der Waals surface area contributed by atoms with E-state index in [1.807, 2.05) is 0 Å². The second-order valence-electron chi connectivity index (χ2n) is 7.51. The van der Waals surface area contributed by atoms with E-state index in [2.05, 4.69) is 4.72 Å². The highest BCUT2D eigenvalue weighted by Gasteiger charge is 2.32. The molecular formula is C25H24F3NO7S. The lowest BCUT2D eigenvalue weighted by atomic mass is 10.1. The molecule has 0 saturated heterocycles. The minimum absolute atomic E-state index is 0.177. The number of benzene rings is 3. The van der Waals surface area contributed by atoms with Crippen molar-refractivity contribution in [2.24, 2.45) is 0 Å². The average Bonchev–Trinajstić information content (AvgIpc) is 2.87. The standard InChI is InChI=1S/C25H24F3NO7S/c1-33-20-12-15(13-21(34-2)24(20)36-4)8-9-16-10-11-19(30)23(35-3)22(16)29-37(31,32)18-7-5-6-17(14-18)25(26,27)28/h5-14,29-30H,1-4H3/b9-8-. The first-order valence-corrected chi connectivity index (χ1v) is 12.0. The molecule has 0 aliphatic rings. The summed E-state index contributed by atoms with van der Waals surface area (Å²) in [6, 6.07) is 9.30. The lowest BCUT2D eigenvalue weighted by molar-refractivity contribution is -0.137. The van der Waals surface area contributed by atoms with Crippen LogP contribution in [0.25, 0.3) is 12.2 Å². The zero-order valence-corrected chi connectivity index (χ0v) is 21.0. The van der Waals surface area contributed by atoms with E-state index in [4.69, 9.17) is 18.9 Å². The molecule has 12 heteroatoms. The van der Waals surface area contributed by atoms with Gasteiger partial charge in [-0.15, -0.1) is 0 Å². The van der Waals surface area contributed by atoms with Gasteiger partial charge in [-0.1, -0.05) is 18.2 Å². The van der Waals surface area contributed by atoms with E-state index in [9.17, 15) is 26.7 Å². The molecule has 3 aromatic carbocycles. The number of phenolic OH excluding ortho intramolecular Hbond substituents is 1. The highest BCUT2D eigenvalue weighted by molar-refractivity contribution is 7.92. The van der Waals surface area contributed by atoms with E-state index in [1.165, 1.54) is 46.6 Å². The third-order valence-electron chi connectivity index (χ3n) is 5.22. The Balaban J connectivity index is 2.08. The summed E-state index contributed by atoms with van der Waals surface area (Å²) in [5.41, 5.74) is -0.462. The van der Waals surface area contributed by atoms with Crippen molar-refractivity contribution in [3.8, 4) is 28.7 Å². The number of halogens is 3. The first-order valence-electron chi connectivity index (χ1n) is 10.5. The average molecular weight is 540 g/mol. The molecule has 3 aromatic rings. The monoisotopic (exact) mass is 539 g/mol. The maximum absolute atomic E-state index is 13.1. The van der Waals surface area contributed by atoms with Crippen LogP contribution in [0.1, 0.15) is 16.7 Å². The predicted molar refractivity (Wildman–Crippen MR) is 132 cm³/mol. The third kappa shape index (κ3) is 6.02. The first kappa shape index (κ1) is 27.5. The number of ether oxygens (including phenoxy) is 4. The van der Waals surface area contributed by atoms with E-state index in [0.29, 0.717) is 28.9 Å². The highest BCUT2D eigenvalue weighted by Crippen LogP contribution is 2.41. The topological polar surface area (TPSA) is 103 Å². The Kier molecular flexibility index (Phi) is 8.12. The SMILES string of the molecule is COc1cc(/C=C\c2ccc(O)c(OC)c2NS(=O)(=O)c2cccc(C(F)(F)F)c2)cc(OC)c1OC. The first-order chi connectivity index (χ1) is 17.4. The van der Waals surface area contributed by atoms with Crippen LogP contribution in [0.4, 0.5) is 18.9 Å². The van der Waals surface area contributed by atoms with Crippen LogP contribution in [0.2, 0.25) is 0 Å². The summed E-state index contributed by atoms with van der Waals surface area (Å²) in [4.78, 5) is -0.618. The number of aromatic hydroxyl groups is 1. The maximum Gasteiger partial charge on any atom is 0.416 e. The molecule has 8 nitrogen and oxygen atoms in total. The maximum atomic E-state index is 13.1. The largest absolute Gasteiger partial charge is 0.504 e. The molecule has 0 unspecified atom stereocenters. The van der Waals surface area contributed by atoms with Crippen LogP contribution in [0, 0.1) is 0 Å². The van der Waals surface area contributed by atoms with Crippen molar-refractivity contribution in [2.45, 2.75) is 11.1 Å². The lowest BCUT2D eigenvalue weighted by Crippen LogP contribution is -2.16. The molecule has 0 radical (unpaired) electrons. The van der Waals surface area contributed by atoms with E-state index >= 15 is 0 Å². The molecule has 0 amide bonds. The normalized spacial score (nSPS) is 11.9. The fraction of sp³-hybridized carbons (Fsp3) is 0.200. The second kappa shape index (κ2) is 10.9. The predicted octanol–water partition coefficient (Wildman–Crippen LogP) is 5.42. The van der Waals surface area contributed by atoms with Crippen molar-refractivity contribution in [3.63, 3.8) is 0 Å². The van der Waals surface area contributed by atoms with Gasteiger partial charge in [0, 0.05) is 5.56 Å². The number of hydrogen-bond acceptors (Lipinski definition) is 7. The molecule has 0 bridgehead atoms. The number of rotatable bonds is 9. The van der Waals surface area contributed by atoms with E-state index in [-0.39, 0.29) is 22.7 Å². The summed E-state index contributed by atoms with van der Waals surface area (Å²) in [6.07, 6.45) is -1.60. The fourth-order valence-corrected chi connectivity index (χ4v) is 4.59. The van der Waals surface area contributed by atoms with Crippen molar-refractivity contribution in [1.29, 1.82) is 0 Å². The van der Waals surface area contributed by atoms with Gasteiger partial charge in [-0.3, -0.25) is 4.72 Å². The molecule has 0 atom stereocenters. The molecule has 198 valence electrons. The van der Waals surface area contributed by atoms with Crippen LogP contribution in [0.5, 0.6) is 28.7 Å². The molecule has 0 heterocycles. The van der Waals surface area contributed by atoms with Gasteiger partial charge in [0.2, 0.25) is 5.75 Å².